The van der Waals surface area contributed by atoms with Crippen molar-refractivity contribution in [2.75, 3.05) is 0 Å². The number of hydrogen-bond donors (Lipinski definition) is 0. The minimum absolute atomic E-state index is 0.459. The molecule has 0 radical (unpaired) electrons. The Kier molecular flexibility index (Phi) is 4.15. The van der Waals surface area contributed by atoms with E-state index in [0.29, 0.717) is 12.5 Å². The maximum Gasteiger partial charge on any atom is 0.174 e. The molecule has 1 rings (SSSR count). The lowest BCUT2D eigenvalue weighted by atomic mass is 10.1. The zero-order valence-corrected chi connectivity index (χ0v) is 12.5. The molecule has 86 valence electrons. The van der Waals surface area contributed by atoms with Crippen LogP contribution in [0.25, 0.3) is 0 Å². The van der Waals surface area contributed by atoms with E-state index in [1.807, 2.05) is 0 Å². The number of hydrogen-bond acceptors (Lipinski definition) is 2. The van der Waals surface area contributed by atoms with E-state index in [9.17, 15) is 0 Å². The van der Waals surface area contributed by atoms with Crippen molar-refractivity contribution in [2.45, 2.75) is 64.0 Å². The smallest absolute Gasteiger partial charge is 0.174 e. The van der Waals surface area contributed by atoms with Crippen LogP contribution in [0.5, 0.6) is 0 Å². The molecule has 0 N–H and O–H groups in total. The van der Waals surface area contributed by atoms with Crippen LogP contribution < -0.4 is 0 Å². The molecule has 15 heavy (non-hydrogen) atoms. The maximum atomic E-state index is 8.51. The molecule has 1 unspecified atom stereocenters. The number of nitrogens with zero attached hydrogens (tertiary/aromatic N) is 1. The molecule has 1 aliphatic rings. The average Bonchev–Trinajstić information content (AvgIpc) is 2.12. The molecule has 0 bridgehead atoms. The third-order valence-electron chi connectivity index (χ3n) is 4.00. The van der Waals surface area contributed by atoms with Gasteiger partial charge in [0.1, 0.15) is 0 Å². The van der Waals surface area contributed by atoms with E-state index in [2.05, 4.69) is 32.3 Å². The van der Waals surface area contributed by atoms with E-state index >= 15 is 0 Å². The van der Waals surface area contributed by atoms with Gasteiger partial charge < -0.3 is 4.43 Å². The van der Waals surface area contributed by atoms with Gasteiger partial charge in [0.25, 0.3) is 0 Å². The Labute approximate surface area is 95.6 Å². The van der Waals surface area contributed by atoms with Crippen molar-refractivity contribution in [1.82, 2.24) is 0 Å². The molecule has 4 heteroatoms. The summed E-state index contributed by atoms with van der Waals surface area (Å²) in [5.41, 5.74) is 0. The van der Waals surface area contributed by atoms with Gasteiger partial charge in [-0.25, -0.2) is 0 Å². The Morgan fingerprint density at radius 3 is 2.53 bits per heavy atom. The SMILES string of the molecule is C[Si]1(C)CCC(CCCC#N)O[Si]1(C)C. The second-order valence-corrected chi connectivity index (χ2v) is 20.9. The first-order valence-corrected chi connectivity index (χ1v) is 13.1. The highest BCUT2D eigenvalue weighted by Crippen LogP contribution is 2.34. The quantitative estimate of drug-likeness (QED) is 0.560. The van der Waals surface area contributed by atoms with Gasteiger partial charge in [0.15, 0.2) is 7.83 Å². The molecule has 0 spiro atoms. The third kappa shape index (κ3) is 3.17. The van der Waals surface area contributed by atoms with Crippen molar-refractivity contribution in [3.8, 4) is 6.07 Å². The molecule has 0 aromatic heterocycles. The lowest BCUT2D eigenvalue weighted by molar-refractivity contribution is 0.173. The van der Waals surface area contributed by atoms with Crippen LogP contribution in [-0.2, 0) is 4.43 Å². The highest BCUT2D eigenvalue weighted by atomic mass is 29.3. The van der Waals surface area contributed by atoms with E-state index in [1.165, 1.54) is 12.5 Å². The molecule has 0 aromatic rings. The van der Waals surface area contributed by atoms with Crippen LogP contribution in [0.1, 0.15) is 25.7 Å². The van der Waals surface area contributed by atoms with Crippen LogP contribution in [-0.4, -0.2) is 21.5 Å². The minimum Gasteiger partial charge on any atom is -0.417 e. The Bertz CT molecular complexity index is 258. The van der Waals surface area contributed by atoms with Crippen LogP contribution in [0.3, 0.4) is 0 Å². The van der Waals surface area contributed by atoms with Crippen molar-refractivity contribution in [1.29, 1.82) is 5.26 Å². The predicted octanol–water partition coefficient (Wildman–Crippen LogP) is 3.46. The van der Waals surface area contributed by atoms with Crippen LogP contribution in [0.4, 0.5) is 0 Å². The van der Waals surface area contributed by atoms with Crippen molar-refractivity contribution >= 4 is 15.4 Å². The summed E-state index contributed by atoms with van der Waals surface area (Å²) < 4.78 is 6.33. The van der Waals surface area contributed by atoms with E-state index in [0.717, 1.165) is 12.8 Å². The summed E-state index contributed by atoms with van der Waals surface area (Å²) in [6.07, 6.45) is 4.48. The molecule has 1 heterocycles. The predicted molar refractivity (Wildman–Crippen MR) is 68.7 cm³/mol. The largest absolute Gasteiger partial charge is 0.417 e. The van der Waals surface area contributed by atoms with Gasteiger partial charge in [-0.3, -0.25) is 0 Å². The first-order chi connectivity index (χ1) is 6.89. The van der Waals surface area contributed by atoms with Crippen LogP contribution in [0, 0.1) is 11.3 Å². The maximum absolute atomic E-state index is 8.51. The van der Waals surface area contributed by atoms with Crippen LogP contribution in [0.2, 0.25) is 32.2 Å². The lowest BCUT2D eigenvalue weighted by Crippen LogP contribution is -2.61. The number of rotatable bonds is 3. The van der Waals surface area contributed by atoms with Crippen molar-refractivity contribution in [3.63, 3.8) is 0 Å². The summed E-state index contributed by atoms with van der Waals surface area (Å²) in [6.45, 7) is 9.72. The first kappa shape index (κ1) is 13.0. The summed E-state index contributed by atoms with van der Waals surface area (Å²) >= 11 is 0. The van der Waals surface area contributed by atoms with Gasteiger partial charge in [0, 0.05) is 12.5 Å². The molecule has 0 aliphatic carbocycles. The second kappa shape index (κ2) is 4.81. The van der Waals surface area contributed by atoms with Crippen molar-refractivity contribution in [3.05, 3.63) is 0 Å². The summed E-state index contributed by atoms with van der Waals surface area (Å²) in [5, 5.41) is 8.51. The van der Waals surface area contributed by atoms with Gasteiger partial charge in [-0.15, -0.1) is 0 Å². The lowest BCUT2D eigenvalue weighted by Gasteiger charge is -2.45. The fourth-order valence-electron chi connectivity index (χ4n) is 2.07. The Morgan fingerprint density at radius 1 is 1.33 bits per heavy atom. The zero-order chi connectivity index (χ0) is 11.5. The van der Waals surface area contributed by atoms with E-state index in [-0.39, 0.29) is 0 Å². The van der Waals surface area contributed by atoms with Gasteiger partial charge in [0.05, 0.1) is 13.7 Å². The molecule has 1 fully saturated rings. The van der Waals surface area contributed by atoms with Gasteiger partial charge in [-0.05, 0) is 32.4 Å². The molecular formula is C11H23NOSi2. The van der Waals surface area contributed by atoms with E-state index in [4.69, 9.17) is 9.69 Å². The Balaban J connectivity index is 2.45. The second-order valence-electron chi connectivity index (χ2n) is 5.72. The standard InChI is InChI=1S/C11H23NOSi2/c1-14(2)10-8-11(7-5-6-9-12)13-15(14,3)4/h11H,5-8,10H2,1-4H3. The average molecular weight is 241 g/mol. The topological polar surface area (TPSA) is 33.0 Å². The highest BCUT2D eigenvalue weighted by Gasteiger charge is 2.47. The first-order valence-electron chi connectivity index (χ1n) is 5.94. The zero-order valence-electron chi connectivity index (χ0n) is 10.5. The highest BCUT2D eigenvalue weighted by molar-refractivity contribution is 7.38. The molecule has 1 atom stereocenters. The minimum atomic E-state index is -1.39. The van der Waals surface area contributed by atoms with Gasteiger partial charge in [-0.2, -0.15) is 5.26 Å². The molecule has 0 saturated carbocycles. The summed E-state index contributed by atoms with van der Waals surface area (Å²) in [7, 11) is -2.44. The Hall–Kier alpha value is -0.116. The summed E-state index contributed by atoms with van der Waals surface area (Å²) in [6, 6.07) is 3.63. The monoisotopic (exact) mass is 241 g/mol. The Morgan fingerprint density at radius 2 is 2.00 bits per heavy atom. The van der Waals surface area contributed by atoms with Crippen LogP contribution >= 0.6 is 0 Å². The summed E-state index contributed by atoms with van der Waals surface area (Å²) in [5.74, 6) is 0. The van der Waals surface area contributed by atoms with Crippen LogP contribution in [0.15, 0.2) is 0 Å². The fraction of sp³-hybridized carbons (Fsp3) is 0.909. The van der Waals surface area contributed by atoms with Gasteiger partial charge in [0.2, 0.25) is 0 Å². The summed E-state index contributed by atoms with van der Waals surface area (Å²) in [4.78, 5) is 0. The van der Waals surface area contributed by atoms with Crippen molar-refractivity contribution < 1.29 is 4.43 Å². The van der Waals surface area contributed by atoms with Gasteiger partial charge >= 0.3 is 0 Å². The number of unbranched alkanes of at least 4 members (excludes halogenated alkanes) is 1. The van der Waals surface area contributed by atoms with Gasteiger partial charge in [-0.1, -0.05) is 19.1 Å². The van der Waals surface area contributed by atoms with E-state index in [1.54, 1.807) is 0 Å². The third-order valence-corrected chi connectivity index (χ3v) is 20.6. The molecular weight excluding hydrogens is 218 g/mol. The molecule has 2 nitrogen and oxygen atoms in total. The molecule has 0 amide bonds. The molecule has 1 saturated heterocycles. The van der Waals surface area contributed by atoms with E-state index < -0.39 is 15.4 Å². The fourth-order valence-corrected chi connectivity index (χ4v) is 8.80. The molecule has 1 aliphatic heterocycles. The number of nitriles is 1. The van der Waals surface area contributed by atoms with Crippen molar-refractivity contribution in [2.24, 2.45) is 0 Å². The molecule has 0 aromatic carbocycles. The normalized spacial score (nSPS) is 28.3.